The molecule has 0 amide bonds. The van der Waals surface area contributed by atoms with Crippen LogP contribution in [0.1, 0.15) is 25.8 Å². The molecule has 0 heterocycles. The van der Waals surface area contributed by atoms with Gasteiger partial charge in [0.15, 0.2) is 0 Å². The van der Waals surface area contributed by atoms with E-state index in [1.54, 1.807) is 0 Å². The highest BCUT2D eigenvalue weighted by atomic mass is 79.9. The van der Waals surface area contributed by atoms with Crippen molar-refractivity contribution in [1.29, 1.82) is 0 Å². The Morgan fingerprint density at radius 3 is 2.21 bits per heavy atom. The number of aliphatic hydroxyl groups is 2. The fourth-order valence-corrected chi connectivity index (χ4v) is 2.19. The molecule has 0 aliphatic rings. The van der Waals surface area contributed by atoms with Crippen molar-refractivity contribution in [3.8, 4) is 0 Å². The highest BCUT2D eigenvalue weighted by Crippen LogP contribution is 2.28. The lowest BCUT2D eigenvalue weighted by Crippen LogP contribution is -2.36. The molecule has 0 saturated heterocycles. The Bertz CT molecular complexity index is 358. The molecular weight excluding hydrogens is 308 g/mol. The van der Waals surface area contributed by atoms with Gasteiger partial charge in [-0.05, 0) is 30.0 Å². The lowest BCUT2D eigenvalue weighted by atomic mass is 9.79. The van der Waals surface area contributed by atoms with E-state index in [2.05, 4.69) is 29.8 Å². The van der Waals surface area contributed by atoms with Crippen molar-refractivity contribution in [3.05, 3.63) is 34.3 Å². The van der Waals surface area contributed by atoms with Crippen molar-refractivity contribution in [2.75, 3.05) is 26.4 Å². The molecule has 4 heteroatoms. The molecule has 0 aliphatic carbocycles. The van der Waals surface area contributed by atoms with Crippen LogP contribution in [0.3, 0.4) is 0 Å². The second-order valence-corrected chi connectivity index (χ2v) is 6.24. The zero-order chi connectivity index (χ0) is 14.3. The van der Waals surface area contributed by atoms with Crippen molar-refractivity contribution in [2.24, 2.45) is 5.92 Å². The van der Waals surface area contributed by atoms with E-state index in [-0.39, 0.29) is 13.2 Å². The van der Waals surface area contributed by atoms with E-state index in [9.17, 15) is 10.2 Å². The van der Waals surface area contributed by atoms with Crippen LogP contribution in [0.15, 0.2) is 28.7 Å². The van der Waals surface area contributed by atoms with Gasteiger partial charge in [0.1, 0.15) is 0 Å². The van der Waals surface area contributed by atoms with Gasteiger partial charge < -0.3 is 14.9 Å². The van der Waals surface area contributed by atoms with Gasteiger partial charge in [-0.15, -0.1) is 0 Å². The van der Waals surface area contributed by atoms with E-state index in [1.807, 2.05) is 24.3 Å². The first-order chi connectivity index (χ1) is 9.04. The van der Waals surface area contributed by atoms with Gasteiger partial charge in [0.2, 0.25) is 0 Å². The molecule has 0 fully saturated rings. The third-order valence-corrected chi connectivity index (χ3v) is 3.77. The monoisotopic (exact) mass is 330 g/mol. The number of aliphatic hydroxyl groups excluding tert-OH is 2. The summed E-state index contributed by atoms with van der Waals surface area (Å²) in [5.74, 6) is 0.491. The van der Waals surface area contributed by atoms with Gasteiger partial charge in [0, 0.05) is 23.1 Å². The van der Waals surface area contributed by atoms with Gasteiger partial charge >= 0.3 is 0 Å². The Balaban J connectivity index is 2.70. The molecule has 0 bridgehead atoms. The Hall–Kier alpha value is -0.420. The summed E-state index contributed by atoms with van der Waals surface area (Å²) in [6.07, 6.45) is 0.606. The van der Waals surface area contributed by atoms with Crippen LogP contribution in [-0.4, -0.2) is 36.6 Å². The summed E-state index contributed by atoms with van der Waals surface area (Å²) in [7, 11) is 0. The lowest BCUT2D eigenvalue weighted by molar-refractivity contribution is 0.0536. The maximum atomic E-state index is 9.68. The molecule has 0 unspecified atom stereocenters. The van der Waals surface area contributed by atoms with Gasteiger partial charge in [-0.3, -0.25) is 0 Å². The summed E-state index contributed by atoms with van der Waals surface area (Å²) in [6.45, 7) is 5.26. The number of rotatable bonds is 8. The summed E-state index contributed by atoms with van der Waals surface area (Å²) < 4.78 is 6.55. The van der Waals surface area contributed by atoms with E-state index in [0.29, 0.717) is 25.6 Å². The number of ether oxygens (including phenoxy) is 1. The van der Waals surface area contributed by atoms with Crippen molar-refractivity contribution in [3.63, 3.8) is 0 Å². The molecule has 0 aliphatic heterocycles. The number of hydrogen-bond donors (Lipinski definition) is 2. The molecule has 1 aromatic rings. The minimum absolute atomic E-state index is 0.0871. The first-order valence-electron chi connectivity index (χ1n) is 6.59. The fraction of sp³-hybridized carbons (Fsp3) is 0.600. The maximum absolute atomic E-state index is 9.68. The molecule has 0 atom stereocenters. The quantitative estimate of drug-likeness (QED) is 0.720. The fourth-order valence-electron chi connectivity index (χ4n) is 1.93. The minimum atomic E-state index is -0.627. The Morgan fingerprint density at radius 2 is 1.74 bits per heavy atom. The molecule has 0 saturated carbocycles. The van der Waals surface area contributed by atoms with Crippen molar-refractivity contribution >= 4 is 15.9 Å². The molecule has 19 heavy (non-hydrogen) atoms. The Labute approximate surface area is 123 Å². The molecule has 0 radical (unpaired) electrons. The second-order valence-electron chi connectivity index (χ2n) is 5.32. The highest BCUT2D eigenvalue weighted by Gasteiger charge is 2.30. The van der Waals surface area contributed by atoms with Gasteiger partial charge in [-0.2, -0.15) is 0 Å². The van der Waals surface area contributed by atoms with Crippen LogP contribution in [0.25, 0.3) is 0 Å². The summed E-state index contributed by atoms with van der Waals surface area (Å²) in [4.78, 5) is 0. The highest BCUT2D eigenvalue weighted by molar-refractivity contribution is 9.10. The van der Waals surface area contributed by atoms with Crippen LogP contribution in [0, 0.1) is 5.92 Å². The smallest absolute Gasteiger partial charge is 0.0550 e. The normalized spacial score (nSPS) is 12.1. The molecular formula is C15H23BrO3. The number of halogens is 1. The predicted molar refractivity (Wildman–Crippen MR) is 80.3 cm³/mol. The van der Waals surface area contributed by atoms with Crippen LogP contribution in [0.2, 0.25) is 0 Å². The van der Waals surface area contributed by atoms with Gasteiger partial charge in [-0.25, -0.2) is 0 Å². The van der Waals surface area contributed by atoms with Crippen LogP contribution >= 0.6 is 15.9 Å². The van der Waals surface area contributed by atoms with E-state index >= 15 is 0 Å². The Morgan fingerprint density at radius 1 is 1.16 bits per heavy atom. The van der Waals surface area contributed by atoms with E-state index in [0.717, 1.165) is 10.0 Å². The van der Waals surface area contributed by atoms with E-state index in [4.69, 9.17) is 4.74 Å². The van der Waals surface area contributed by atoms with E-state index < -0.39 is 5.41 Å². The summed E-state index contributed by atoms with van der Waals surface area (Å²) in [6, 6.07) is 7.70. The lowest BCUT2D eigenvalue weighted by Gasteiger charge is -2.30. The first kappa shape index (κ1) is 16.6. The molecule has 1 rings (SSSR count). The van der Waals surface area contributed by atoms with Gasteiger partial charge in [0.05, 0.1) is 13.2 Å². The van der Waals surface area contributed by atoms with Gasteiger partial charge in [-0.1, -0.05) is 41.9 Å². The van der Waals surface area contributed by atoms with Crippen LogP contribution < -0.4 is 0 Å². The zero-order valence-electron chi connectivity index (χ0n) is 11.6. The molecule has 108 valence electrons. The third kappa shape index (κ3) is 4.88. The number of hydrogen-bond acceptors (Lipinski definition) is 3. The average Bonchev–Trinajstić information content (AvgIpc) is 2.41. The molecule has 2 N–H and O–H groups in total. The minimum Gasteiger partial charge on any atom is -0.395 e. The SMILES string of the molecule is CC(C)COCCC(CO)(CO)c1ccc(Br)cc1. The maximum Gasteiger partial charge on any atom is 0.0550 e. The van der Waals surface area contributed by atoms with Gasteiger partial charge in [0.25, 0.3) is 0 Å². The topological polar surface area (TPSA) is 49.7 Å². The van der Waals surface area contributed by atoms with Crippen molar-refractivity contribution < 1.29 is 14.9 Å². The molecule has 0 aromatic heterocycles. The molecule has 1 aromatic carbocycles. The summed E-state index contributed by atoms with van der Waals surface area (Å²) >= 11 is 3.39. The Kier molecular flexibility index (Phi) is 7.00. The van der Waals surface area contributed by atoms with Crippen LogP contribution in [0.5, 0.6) is 0 Å². The zero-order valence-corrected chi connectivity index (χ0v) is 13.2. The molecule has 0 spiro atoms. The summed E-state index contributed by atoms with van der Waals surface area (Å²) in [5.41, 5.74) is 0.311. The first-order valence-corrected chi connectivity index (χ1v) is 7.39. The van der Waals surface area contributed by atoms with Crippen molar-refractivity contribution in [1.82, 2.24) is 0 Å². The van der Waals surface area contributed by atoms with Crippen LogP contribution in [-0.2, 0) is 10.2 Å². The van der Waals surface area contributed by atoms with Crippen LogP contribution in [0.4, 0.5) is 0 Å². The summed E-state index contributed by atoms with van der Waals surface area (Å²) in [5, 5.41) is 19.4. The van der Waals surface area contributed by atoms with Crippen molar-refractivity contribution in [2.45, 2.75) is 25.7 Å². The number of benzene rings is 1. The predicted octanol–water partition coefficient (Wildman–Crippen LogP) is 2.73. The third-order valence-electron chi connectivity index (χ3n) is 3.24. The molecule has 3 nitrogen and oxygen atoms in total. The van der Waals surface area contributed by atoms with E-state index in [1.165, 1.54) is 0 Å². The second kappa shape index (κ2) is 8.00. The average molecular weight is 331 g/mol. The standard InChI is InChI=1S/C15H23BrO3/c1-12(2)9-19-8-7-15(10-17,11-18)13-3-5-14(16)6-4-13/h3-6,12,17-18H,7-11H2,1-2H3. The largest absolute Gasteiger partial charge is 0.395 e.